The van der Waals surface area contributed by atoms with Gasteiger partial charge in [0.1, 0.15) is 11.9 Å². The normalized spacial score (nSPS) is 12.3. The topological polar surface area (TPSA) is 81.9 Å². The molecule has 0 saturated heterocycles. The average Bonchev–Trinajstić information content (AvgIpc) is 3.31. The molecule has 2 aromatic carbocycles. The Morgan fingerprint density at radius 1 is 1.09 bits per heavy atom. The Balaban J connectivity index is 1.42. The summed E-state index contributed by atoms with van der Waals surface area (Å²) in [6.07, 6.45) is -2.64. The van der Waals surface area contributed by atoms with E-state index < -0.39 is 17.6 Å². The number of carbonyl (C=O) groups excluding carboxylic acids is 1. The molecule has 0 aliphatic carbocycles. The van der Waals surface area contributed by atoms with E-state index in [1.54, 1.807) is 12.1 Å². The van der Waals surface area contributed by atoms with Gasteiger partial charge >= 0.3 is 6.18 Å². The Kier molecular flexibility index (Phi) is 6.31. The largest absolute Gasteiger partial charge is 0.486 e. The number of benzene rings is 2. The minimum Gasteiger partial charge on any atom is -0.486 e. The van der Waals surface area contributed by atoms with E-state index >= 15 is 0 Å². The number of pyridine rings is 1. The zero-order valence-corrected chi connectivity index (χ0v) is 18.2. The molecule has 0 radical (unpaired) electrons. The summed E-state index contributed by atoms with van der Waals surface area (Å²) in [5.74, 6) is 0.239. The molecule has 174 valence electrons. The van der Waals surface area contributed by atoms with E-state index in [4.69, 9.17) is 4.74 Å². The Morgan fingerprint density at radius 3 is 2.50 bits per heavy atom. The van der Waals surface area contributed by atoms with Gasteiger partial charge in [0.2, 0.25) is 0 Å². The number of aromatic nitrogens is 4. The van der Waals surface area contributed by atoms with Crippen molar-refractivity contribution in [2.24, 2.45) is 0 Å². The predicted molar refractivity (Wildman–Crippen MR) is 119 cm³/mol. The van der Waals surface area contributed by atoms with Gasteiger partial charge in [-0.1, -0.05) is 35.5 Å². The zero-order valence-electron chi connectivity index (χ0n) is 18.2. The number of anilines is 1. The maximum absolute atomic E-state index is 12.7. The fourth-order valence-corrected chi connectivity index (χ4v) is 3.20. The molecule has 2 heterocycles. The molecule has 2 aromatic heterocycles. The number of rotatable bonds is 6. The molecule has 0 spiro atoms. The van der Waals surface area contributed by atoms with Crippen LogP contribution in [0.5, 0.6) is 5.75 Å². The molecular weight excluding hydrogens is 447 g/mol. The first-order valence-corrected chi connectivity index (χ1v) is 10.3. The number of amides is 1. The van der Waals surface area contributed by atoms with Crippen molar-refractivity contribution < 1.29 is 22.7 Å². The number of hydrogen-bond acceptors (Lipinski definition) is 5. The third kappa shape index (κ3) is 5.22. The molecule has 0 fully saturated rings. The molecule has 0 aliphatic rings. The second-order valence-corrected chi connectivity index (χ2v) is 7.55. The minimum atomic E-state index is -4.49. The fourth-order valence-electron chi connectivity index (χ4n) is 3.20. The fraction of sp³-hybridized carbons (Fsp3) is 0.167. The van der Waals surface area contributed by atoms with E-state index in [-0.39, 0.29) is 17.6 Å². The summed E-state index contributed by atoms with van der Waals surface area (Å²) in [7, 11) is 0. The SMILES string of the molecule is Cc1cc(OC(C)c2ccccc2)ccc1NC(=O)c1cn(-c2ccc(C(F)(F)F)cn2)nn1. The van der Waals surface area contributed by atoms with Crippen molar-refractivity contribution in [1.82, 2.24) is 20.0 Å². The summed E-state index contributed by atoms with van der Waals surface area (Å²) in [4.78, 5) is 16.4. The maximum Gasteiger partial charge on any atom is 0.417 e. The number of carbonyl (C=O) groups is 1. The first-order valence-electron chi connectivity index (χ1n) is 10.3. The summed E-state index contributed by atoms with van der Waals surface area (Å²) < 4.78 is 45.2. The minimum absolute atomic E-state index is 0.0147. The van der Waals surface area contributed by atoms with Crippen LogP contribution in [0.2, 0.25) is 0 Å². The van der Waals surface area contributed by atoms with Crippen LogP contribution < -0.4 is 10.1 Å². The van der Waals surface area contributed by atoms with Gasteiger partial charge in [-0.3, -0.25) is 4.79 Å². The van der Waals surface area contributed by atoms with Gasteiger partial charge in [-0.05, 0) is 55.3 Å². The lowest BCUT2D eigenvalue weighted by Gasteiger charge is -2.16. The average molecular weight is 467 g/mol. The van der Waals surface area contributed by atoms with Gasteiger partial charge in [0.15, 0.2) is 11.5 Å². The second-order valence-electron chi connectivity index (χ2n) is 7.55. The summed E-state index contributed by atoms with van der Waals surface area (Å²) in [5, 5.41) is 10.3. The first-order chi connectivity index (χ1) is 16.2. The lowest BCUT2D eigenvalue weighted by molar-refractivity contribution is -0.137. The van der Waals surface area contributed by atoms with E-state index in [1.807, 2.05) is 50.2 Å². The van der Waals surface area contributed by atoms with Crippen LogP contribution in [0.1, 0.15) is 40.2 Å². The lowest BCUT2D eigenvalue weighted by atomic mass is 10.1. The van der Waals surface area contributed by atoms with Crippen molar-refractivity contribution in [2.45, 2.75) is 26.1 Å². The molecule has 0 bridgehead atoms. The highest BCUT2D eigenvalue weighted by Crippen LogP contribution is 2.29. The Morgan fingerprint density at radius 2 is 1.85 bits per heavy atom. The van der Waals surface area contributed by atoms with E-state index in [0.717, 1.165) is 27.9 Å². The van der Waals surface area contributed by atoms with Crippen LogP contribution in [0.3, 0.4) is 0 Å². The van der Waals surface area contributed by atoms with Gasteiger partial charge in [-0.2, -0.15) is 13.2 Å². The molecule has 0 aliphatic heterocycles. The summed E-state index contributed by atoms with van der Waals surface area (Å²) >= 11 is 0. The zero-order chi connectivity index (χ0) is 24.3. The summed E-state index contributed by atoms with van der Waals surface area (Å²) in [6.45, 7) is 3.79. The Hall–Kier alpha value is -4.21. The van der Waals surface area contributed by atoms with Gasteiger partial charge in [-0.25, -0.2) is 9.67 Å². The highest BCUT2D eigenvalue weighted by Gasteiger charge is 2.30. The number of hydrogen-bond donors (Lipinski definition) is 1. The van der Waals surface area contributed by atoms with Crippen molar-refractivity contribution in [1.29, 1.82) is 0 Å². The highest BCUT2D eigenvalue weighted by molar-refractivity contribution is 6.03. The predicted octanol–water partition coefficient (Wildman–Crippen LogP) is 5.38. The van der Waals surface area contributed by atoms with Gasteiger partial charge in [-0.15, -0.1) is 5.10 Å². The molecule has 10 heteroatoms. The molecule has 0 saturated carbocycles. The van der Waals surface area contributed by atoms with Crippen molar-refractivity contribution >= 4 is 11.6 Å². The van der Waals surface area contributed by atoms with E-state index in [1.165, 1.54) is 6.20 Å². The standard InChI is InChI=1S/C24H20F3N5O2/c1-15-12-19(34-16(2)17-6-4-3-5-7-17)9-10-20(15)29-23(33)21-14-32(31-30-21)22-11-8-18(13-28-22)24(25,26)27/h3-14,16H,1-2H3,(H,29,33). The monoisotopic (exact) mass is 467 g/mol. The number of aryl methyl sites for hydroxylation is 1. The molecule has 1 N–H and O–H groups in total. The van der Waals surface area contributed by atoms with Gasteiger partial charge in [0.25, 0.3) is 5.91 Å². The third-order valence-corrected chi connectivity index (χ3v) is 5.06. The third-order valence-electron chi connectivity index (χ3n) is 5.06. The summed E-state index contributed by atoms with van der Waals surface area (Å²) in [5.41, 5.74) is 1.49. The van der Waals surface area contributed by atoms with Crippen molar-refractivity contribution in [2.75, 3.05) is 5.32 Å². The molecular formula is C24H20F3N5O2. The molecule has 4 aromatic rings. The van der Waals surface area contributed by atoms with Crippen LogP contribution in [0.25, 0.3) is 5.82 Å². The maximum atomic E-state index is 12.7. The smallest absolute Gasteiger partial charge is 0.417 e. The molecule has 34 heavy (non-hydrogen) atoms. The number of halogens is 3. The lowest BCUT2D eigenvalue weighted by Crippen LogP contribution is -2.13. The number of nitrogens with one attached hydrogen (secondary N) is 1. The van der Waals surface area contributed by atoms with Crippen LogP contribution >= 0.6 is 0 Å². The van der Waals surface area contributed by atoms with Gasteiger partial charge in [0.05, 0.1) is 11.8 Å². The van der Waals surface area contributed by atoms with Crippen LogP contribution in [-0.4, -0.2) is 25.9 Å². The van der Waals surface area contributed by atoms with Crippen LogP contribution in [0.4, 0.5) is 18.9 Å². The highest BCUT2D eigenvalue weighted by atomic mass is 19.4. The van der Waals surface area contributed by atoms with Crippen molar-refractivity contribution in [3.05, 3.63) is 95.4 Å². The van der Waals surface area contributed by atoms with Crippen molar-refractivity contribution in [3.63, 3.8) is 0 Å². The molecule has 1 unspecified atom stereocenters. The van der Waals surface area contributed by atoms with E-state index in [2.05, 4.69) is 20.6 Å². The Bertz CT molecular complexity index is 1290. The summed E-state index contributed by atoms with van der Waals surface area (Å²) in [6, 6.07) is 17.1. The molecule has 1 atom stereocenters. The van der Waals surface area contributed by atoms with E-state index in [0.29, 0.717) is 17.6 Å². The van der Waals surface area contributed by atoms with Gasteiger partial charge in [0, 0.05) is 11.9 Å². The van der Waals surface area contributed by atoms with Crippen LogP contribution in [0.15, 0.2) is 73.1 Å². The number of nitrogens with zero attached hydrogens (tertiary/aromatic N) is 4. The van der Waals surface area contributed by atoms with Crippen LogP contribution in [0, 0.1) is 6.92 Å². The Labute approximate surface area is 193 Å². The van der Waals surface area contributed by atoms with Crippen molar-refractivity contribution in [3.8, 4) is 11.6 Å². The quantitative estimate of drug-likeness (QED) is 0.412. The number of alkyl halides is 3. The first kappa shape index (κ1) is 23.0. The molecule has 7 nitrogen and oxygen atoms in total. The second kappa shape index (κ2) is 9.34. The van der Waals surface area contributed by atoms with Gasteiger partial charge < -0.3 is 10.1 Å². The number of ether oxygens (including phenoxy) is 1. The molecule has 1 amide bonds. The van der Waals surface area contributed by atoms with Crippen LogP contribution in [-0.2, 0) is 6.18 Å². The van der Waals surface area contributed by atoms with E-state index in [9.17, 15) is 18.0 Å². The molecule has 4 rings (SSSR count).